The van der Waals surface area contributed by atoms with E-state index in [9.17, 15) is 13.2 Å². The van der Waals surface area contributed by atoms with Crippen LogP contribution < -0.4 is 11.1 Å². The Bertz CT molecular complexity index is 357. The number of halogens is 3. The highest BCUT2D eigenvalue weighted by molar-refractivity contribution is 5.36. The van der Waals surface area contributed by atoms with Crippen LogP contribution in [0.25, 0.3) is 0 Å². The van der Waals surface area contributed by atoms with E-state index < -0.39 is 17.4 Å². The van der Waals surface area contributed by atoms with Crippen LogP contribution in [0.15, 0.2) is 12.1 Å². The summed E-state index contributed by atoms with van der Waals surface area (Å²) in [6, 6.07) is 2.14. The van der Waals surface area contributed by atoms with Crippen LogP contribution in [0.5, 0.6) is 0 Å². The summed E-state index contributed by atoms with van der Waals surface area (Å²) in [5, 5.41) is 9.58. The van der Waals surface area contributed by atoms with Crippen molar-refractivity contribution in [2.45, 2.75) is 32.0 Å². The summed E-state index contributed by atoms with van der Waals surface area (Å²) in [4.78, 5) is 0. The van der Waals surface area contributed by atoms with Gasteiger partial charge in [0.05, 0.1) is 0 Å². The van der Waals surface area contributed by atoms with Crippen LogP contribution in [0.3, 0.4) is 0 Å². The van der Waals surface area contributed by atoms with Gasteiger partial charge in [0, 0.05) is 12.1 Å². The molecule has 7 heteroatoms. The fourth-order valence-corrected chi connectivity index (χ4v) is 1.14. The van der Waals surface area contributed by atoms with E-state index in [1.165, 1.54) is 6.07 Å². The molecule has 0 aliphatic carbocycles. The van der Waals surface area contributed by atoms with Gasteiger partial charge in [0.1, 0.15) is 5.82 Å². The Labute approximate surface area is 97.4 Å². The molecule has 3 N–H and O–H groups in total. The highest BCUT2D eigenvalue weighted by Crippen LogP contribution is 2.27. The molecule has 0 radical (unpaired) electrons. The second kappa shape index (κ2) is 4.87. The average molecular weight is 248 g/mol. The number of rotatable bonds is 4. The van der Waals surface area contributed by atoms with Gasteiger partial charge in [-0.25, -0.2) is 0 Å². The van der Waals surface area contributed by atoms with E-state index in [4.69, 9.17) is 5.73 Å². The number of nitrogens with two attached hydrogens (primary N) is 1. The van der Waals surface area contributed by atoms with Crippen molar-refractivity contribution in [2.75, 3.05) is 11.9 Å². The van der Waals surface area contributed by atoms with Gasteiger partial charge in [-0.2, -0.15) is 13.2 Å². The standard InChI is InChI=1S/C10H15F3N4/c1-3-9(2,6-14)15-8-5-4-7(16-17-8)10(11,12)13/h4-5H,3,6,14H2,1-2H3,(H,15,17). The summed E-state index contributed by atoms with van der Waals surface area (Å²) < 4.78 is 36.7. The first-order valence-corrected chi connectivity index (χ1v) is 5.20. The second-order valence-corrected chi connectivity index (χ2v) is 4.04. The van der Waals surface area contributed by atoms with Crippen LogP contribution in [0, 0.1) is 0 Å². The van der Waals surface area contributed by atoms with Gasteiger partial charge in [0.25, 0.3) is 0 Å². The van der Waals surface area contributed by atoms with Crippen molar-refractivity contribution >= 4 is 5.82 Å². The van der Waals surface area contributed by atoms with Crippen LogP contribution in [-0.2, 0) is 6.18 Å². The highest BCUT2D eigenvalue weighted by atomic mass is 19.4. The molecular formula is C10H15F3N4. The van der Waals surface area contributed by atoms with E-state index >= 15 is 0 Å². The van der Waals surface area contributed by atoms with Gasteiger partial charge in [0.2, 0.25) is 0 Å². The van der Waals surface area contributed by atoms with E-state index in [0.717, 1.165) is 12.5 Å². The zero-order valence-electron chi connectivity index (χ0n) is 9.67. The molecule has 0 saturated heterocycles. The third-order valence-corrected chi connectivity index (χ3v) is 2.62. The SMILES string of the molecule is CCC(C)(CN)Nc1ccc(C(F)(F)F)nn1. The van der Waals surface area contributed by atoms with Crippen molar-refractivity contribution in [3.05, 3.63) is 17.8 Å². The molecule has 4 nitrogen and oxygen atoms in total. The van der Waals surface area contributed by atoms with E-state index in [1.54, 1.807) is 0 Å². The fraction of sp³-hybridized carbons (Fsp3) is 0.600. The predicted molar refractivity (Wildman–Crippen MR) is 58.4 cm³/mol. The lowest BCUT2D eigenvalue weighted by atomic mass is 9.99. The van der Waals surface area contributed by atoms with Crippen molar-refractivity contribution in [3.63, 3.8) is 0 Å². The van der Waals surface area contributed by atoms with Gasteiger partial charge in [-0.1, -0.05) is 6.92 Å². The highest BCUT2D eigenvalue weighted by Gasteiger charge is 2.33. The van der Waals surface area contributed by atoms with Gasteiger partial charge >= 0.3 is 6.18 Å². The minimum Gasteiger partial charge on any atom is -0.362 e. The lowest BCUT2D eigenvalue weighted by Gasteiger charge is -2.28. The number of aromatic nitrogens is 2. The monoisotopic (exact) mass is 248 g/mol. The fourth-order valence-electron chi connectivity index (χ4n) is 1.14. The Kier molecular flexibility index (Phi) is 3.92. The first-order chi connectivity index (χ1) is 7.80. The molecule has 1 aromatic heterocycles. The summed E-state index contributed by atoms with van der Waals surface area (Å²) in [6.07, 6.45) is -3.74. The average Bonchev–Trinajstić information content (AvgIpc) is 2.28. The van der Waals surface area contributed by atoms with Crippen LogP contribution in [0.4, 0.5) is 19.0 Å². The molecule has 0 saturated carbocycles. The molecule has 0 fully saturated rings. The Morgan fingerprint density at radius 2 is 1.94 bits per heavy atom. The van der Waals surface area contributed by atoms with Crippen molar-refractivity contribution in [3.8, 4) is 0 Å². The largest absolute Gasteiger partial charge is 0.435 e. The van der Waals surface area contributed by atoms with Crippen molar-refractivity contribution in [2.24, 2.45) is 5.73 Å². The number of anilines is 1. The van der Waals surface area contributed by atoms with Gasteiger partial charge < -0.3 is 11.1 Å². The van der Waals surface area contributed by atoms with Gasteiger partial charge in [-0.05, 0) is 25.5 Å². The molecule has 1 rings (SSSR count). The molecule has 0 bridgehead atoms. The van der Waals surface area contributed by atoms with Crippen LogP contribution in [0.2, 0.25) is 0 Å². The molecule has 0 aliphatic rings. The quantitative estimate of drug-likeness (QED) is 0.855. The molecule has 0 spiro atoms. The van der Waals surface area contributed by atoms with Crippen molar-refractivity contribution in [1.82, 2.24) is 10.2 Å². The summed E-state index contributed by atoms with van der Waals surface area (Å²) >= 11 is 0. The summed E-state index contributed by atoms with van der Waals surface area (Å²) in [6.45, 7) is 4.15. The number of hydrogen-bond acceptors (Lipinski definition) is 4. The lowest BCUT2D eigenvalue weighted by molar-refractivity contribution is -0.141. The Balaban J connectivity index is 2.82. The third-order valence-electron chi connectivity index (χ3n) is 2.62. The van der Waals surface area contributed by atoms with E-state index in [-0.39, 0.29) is 5.82 Å². The molecule has 17 heavy (non-hydrogen) atoms. The normalized spacial score (nSPS) is 15.4. The van der Waals surface area contributed by atoms with Gasteiger partial charge in [-0.15, -0.1) is 10.2 Å². The Morgan fingerprint density at radius 3 is 2.29 bits per heavy atom. The van der Waals surface area contributed by atoms with Crippen LogP contribution in [0.1, 0.15) is 26.0 Å². The molecule has 0 aliphatic heterocycles. The van der Waals surface area contributed by atoms with E-state index in [1.807, 2.05) is 13.8 Å². The first-order valence-electron chi connectivity index (χ1n) is 5.20. The Morgan fingerprint density at radius 1 is 1.29 bits per heavy atom. The Hall–Kier alpha value is -1.37. The molecule has 1 unspecified atom stereocenters. The maximum absolute atomic E-state index is 12.2. The zero-order valence-corrected chi connectivity index (χ0v) is 9.67. The van der Waals surface area contributed by atoms with Crippen LogP contribution >= 0.6 is 0 Å². The summed E-state index contributed by atoms with van der Waals surface area (Å²) in [5.74, 6) is 0.285. The maximum Gasteiger partial charge on any atom is 0.435 e. The third kappa shape index (κ3) is 3.55. The first kappa shape index (κ1) is 13.7. The van der Waals surface area contributed by atoms with E-state index in [2.05, 4.69) is 15.5 Å². The number of alkyl halides is 3. The summed E-state index contributed by atoms with van der Waals surface area (Å²) in [5.41, 5.74) is 4.17. The van der Waals surface area contributed by atoms with Crippen molar-refractivity contribution < 1.29 is 13.2 Å². The molecule has 1 atom stereocenters. The predicted octanol–water partition coefficient (Wildman–Crippen LogP) is 2.03. The minimum absolute atomic E-state index is 0.285. The molecule has 96 valence electrons. The molecule has 0 aromatic carbocycles. The molecular weight excluding hydrogens is 233 g/mol. The number of nitrogens with zero attached hydrogens (tertiary/aromatic N) is 2. The number of hydrogen-bond donors (Lipinski definition) is 2. The van der Waals surface area contributed by atoms with Gasteiger partial charge in [0.15, 0.2) is 5.69 Å². The smallest absolute Gasteiger partial charge is 0.362 e. The summed E-state index contributed by atoms with van der Waals surface area (Å²) in [7, 11) is 0. The van der Waals surface area contributed by atoms with Crippen LogP contribution in [-0.4, -0.2) is 22.3 Å². The number of nitrogens with one attached hydrogen (secondary N) is 1. The lowest BCUT2D eigenvalue weighted by Crippen LogP contribution is -2.42. The van der Waals surface area contributed by atoms with E-state index in [0.29, 0.717) is 6.54 Å². The molecule has 1 aromatic rings. The van der Waals surface area contributed by atoms with Gasteiger partial charge in [-0.3, -0.25) is 0 Å². The minimum atomic E-state index is -4.46. The molecule has 1 heterocycles. The topological polar surface area (TPSA) is 63.8 Å². The van der Waals surface area contributed by atoms with Crippen molar-refractivity contribution in [1.29, 1.82) is 0 Å². The molecule has 0 amide bonds. The zero-order chi connectivity index (χ0) is 13.1. The maximum atomic E-state index is 12.2. The second-order valence-electron chi connectivity index (χ2n) is 4.04.